The van der Waals surface area contributed by atoms with Crippen LogP contribution in [0.5, 0.6) is 0 Å². The average Bonchev–Trinajstić information content (AvgIpc) is 2.54. The monoisotopic (exact) mass is 351 g/mol. The van der Waals surface area contributed by atoms with E-state index in [0.717, 1.165) is 16.3 Å². The van der Waals surface area contributed by atoms with Gasteiger partial charge in [-0.3, -0.25) is 9.36 Å². The summed E-state index contributed by atoms with van der Waals surface area (Å²) in [7, 11) is 0. The SMILES string of the molecule is C=CCn1c(SCc2ccccc2C#N)nc(C(F)(F)F)cc1=O. The third-order valence-electron chi connectivity index (χ3n) is 3.07. The second-order valence-corrected chi connectivity index (χ2v) is 5.66. The summed E-state index contributed by atoms with van der Waals surface area (Å²) >= 11 is 0.967. The molecule has 0 radical (unpaired) electrons. The summed E-state index contributed by atoms with van der Waals surface area (Å²) in [5.41, 5.74) is -0.950. The normalized spacial score (nSPS) is 11.1. The average molecular weight is 351 g/mol. The lowest BCUT2D eigenvalue weighted by Gasteiger charge is -2.13. The molecule has 4 nitrogen and oxygen atoms in total. The number of aromatic nitrogens is 2. The molecule has 24 heavy (non-hydrogen) atoms. The summed E-state index contributed by atoms with van der Waals surface area (Å²) < 4.78 is 39.7. The van der Waals surface area contributed by atoms with Gasteiger partial charge in [0.2, 0.25) is 0 Å². The molecule has 0 atom stereocenters. The maximum Gasteiger partial charge on any atom is 0.433 e. The number of hydrogen-bond donors (Lipinski definition) is 0. The van der Waals surface area contributed by atoms with E-state index in [-0.39, 0.29) is 17.5 Å². The number of allylic oxidation sites excluding steroid dienone is 1. The first-order valence-corrected chi connectivity index (χ1v) is 7.76. The van der Waals surface area contributed by atoms with Gasteiger partial charge in [-0.1, -0.05) is 36.0 Å². The molecule has 8 heteroatoms. The highest BCUT2D eigenvalue weighted by atomic mass is 32.2. The second kappa shape index (κ2) is 7.36. The van der Waals surface area contributed by atoms with E-state index in [1.54, 1.807) is 24.3 Å². The van der Waals surface area contributed by atoms with Crippen molar-refractivity contribution < 1.29 is 13.2 Å². The van der Waals surface area contributed by atoms with Crippen molar-refractivity contribution >= 4 is 11.8 Å². The van der Waals surface area contributed by atoms with Gasteiger partial charge >= 0.3 is 6.18 Å². The summed E-state index contributed by atoms with van der Waals surface area (Å²) in [6, 6.07) is 9.24. The number of hydrogen-bond acceptors (Lipinski definition) is 4. The van der Waals surface area contributed by atoms with Crippen molar-refractivity contribution in [2.24, 2.45) is 0 Å². The molecule has 0 spiro atoms. The molecule has 0 fully saturated rings. The highest BCUT2D eigenvalue weighted by Crippen LogP contribution is 2.29. The zero-order valence-electron chi connectivity index (χ0n) is 12.4. The lowest BCUT2D eigenvalue weighted by Crippen LogP contribution is -2.25. The Morgan fingerprint density at radius 1 is 1.38 bits per heavy atom. The zero-order chi connectivity index (χ0) is 17.7. The van der Waals surface area contributed by atoms with Crippen LogP contribution >= 0.6 is 11.8 Å². The molecular formula is C16H12F3N3OS. The Bertz CT molecular complexity index is 853. The first kappa shape index (κ1) is 17.8. The van der Waals surface area contributed by atoms with Crippen LogP contribution in [0.2, 0.25) is 0 Å². The standard InChI is InChI=1S/C16H12F3N3OS/c1-2-7-22-14(23)8-13(16(17,18)19)21-15(22)24-10-12-6-4-3-5-11(12)9-20/h2-6,8H,1,7,10H2. The highest BCUT2D eigenvalue weighted by molar-refractivity contribution is 7.98. The molecule has 0 bridgehead atoms. The van der Waals surface area contributed by atoms with E-state index in [1.807, 2.05) is 6.07 Å². The smallest absolute Gasteiger partial charge is 0.284 e. The van der Waals surface area contributed by atoms with Crippen LogP contribution in [0.3, 0.4) is 0 Å². The van der Waals surface area contributed by atoms with Gasteiger partial charge in [-0.2, -0.15) is 18.4 Å². The number of thioether (sulfide) groups is 1. The number of rotatable bonds is 5. The molecule has 0 saturated carbocycles. The third-order valence-corrected chi connectivity index (χ3v) is 4.10. The third kappa shape index (κ3) is 4.06. The Hall–Kier alpha value is -2.53. The molecule has 2 rings (SSSR count). The Labute approximate surface area is 140 Å². The van der Waals surface area contributed by atoms with Gasteiger partial charge < -0.3 is 0 Å². The lowest BCUT2D eigenvalue weighted by atomic mass is 10.1. The van der Waals surface area contributed by atoms with E-state index in [0.29, 0.717) is 17.2 Å². The fraction of sp³-hybridized carbons (Fsp3) is 0.188. The maximum absolute atomic E-state index is 12.9. The van der Waals surface area contributed by atoms with Crippen molar-refractivity contribution in [3.63, 3.8) is 0 Å². The summed E-state index contributed by atoms with van der Waals surface area (Å²) in [6.45, 7) is 3.54. The van der Waals surface area contributed by atoms with Crippen LogP contribution < -0.4 is 5.56 Å². The molecule has 0 aliphatic rings. The summed E-state index contributed by atoms with van der Waals surface area (Å²) in [6.07, 6.45) is -3.30. The van der Waals surface area contributed by atoms with Crippen LogP contribution in [-0.4, -0.2) is 9.55 Å². The van der Waals surface area contributed by atoms with Crippen LogP contribution in [0.1, 0.15) is 16.8 Å². The van der Waals surface area contributed by atoms with Gasteiger partial charge in [0, 0.05) is 18.4 Å². The van der Waals surface area contributed by atoms with Crippen molar-refractivity contribution in [3.05, 3.63) is 70.2 Å². The van der Waals surface area contributed by atoms with Crippen LogP contribution in [-0.2, 0) is 18.5 Å². The van der Waals surface area contributed by atoms with Gasteiger partial charge in [-0.05, 0) is 11.6 Å². The van der Waals surface area contributed by atoms with Gasteiger partial charge in [0.05, 0.1) is 11.6 Å². The number of halogens is 3. The molecule has 0 N–H and O–H groups in total. The van der Waals surface area contributed by atoms with E-state index in [2.05, 4.69) is 11.6 Å². The predicted molar refractivity (Wildman–Crippen MR) is 84.4 cm³/mol. The summed E-state index contributed by atoms with van der Waals surface area (Å²) in [5.74, 6) is 0.217. The molecule has 0 aliphatic heterocycles. The van der Waals surface area contributed by atoms with Gasteiger partial charge in [0.15, 0.2) is 10.9 Å². The van der Waals surface area contributed by atoms with Crippen molar-refractivity contribution in [1.82, 2.24) is 9.55 Å². The Kier molecular flexibility index (Phi) is 5.46. The largest absolute Gasteiger partial charge is 0.433 e. The Morgan fingerprint density at radius 2 is 2.08 bits per heavy atom. The molecule has 1 aromatic carbocycles. The van der Waals surface area contributed by atoms with Crippen LogP contribution in [0, 0.1) is 11.3 Å². The molecule has 124 valence electrons. The van der Waals surface area contributed by atoms with Crippen molar-refractivity contribution in [2.45, 2.75) is 23.6 Å². The minimum absolute atomic E-state index is 0.0478. The number of benzene rings is 1. The number of nitriles is 1. The summed E-state index contributed by atoms with van der Waals surface area (Å²) in [5, 5.41) is 8.99. The molecule has 1 aromatic heterocycles. The minimum Gasteiger partial charge on any atom is -0.284 e. The maximum atomic E-state index is 12.9. The van der Waals surface area contributed by atoms with Crippen LogP contribution in [0.15, 0.2) is 52.9 Å². The first-order valence-electron chi connectivity index (χ1n) is 6.77. The van der Waals surface area contributed by atoms with E-state index < -0.39 is 17.4 Å². The van der Waals surface area contributed by atoms with E-state index in [9.17, 15) is 18.0 Å². The van der Waals surface area contributed by atoms with Gasteiger partial charge in [-0.15, -0.1) is 6.58 Å². The Balaban J connectivity index is 2.40. The first-order chi connectivity index (χ1) is 11.4. The lowest BCUT2D eigenvalue weighted by molar-refractivity contribution is -0.141. The van der Waals surface area contributed by atoms with Crippen molar-refractivity contribution in [1.29, 1.82) is 5.26 Å². The van der Waals surface area contributed by atoms with Crippen LogP contribution in [0.4, 0.5) is 13.2 Å². The quantitative estimate of drug-likeness (QED) is 0.469. The topological polar surface area (TPSA) is 58.7 Å². The highest BCUT2D eigenvalue weighted by Gasteiger charge is 2.34. The molecule has 0 amide bonds. The minimum atomic E-state index is -4.70. The van der Waals surface area contributed by atoms with Crippen molar-refractivity contribution in [3.8, 4) is 6.07 Å². The fourth-order valence-electron chi connectivity index (χ4n) is 1.93. The molecule has 0 aliphatic carbocycles. The second-order valence-electron chi connectivity index (χ2n) is 4.72. The molecular weight excluding hydrogens is 339 g/mol. The Morgan fingerprint density at radius 3 is 2.71 bits per heavy atom. The number of alkyl halides is 3. The van der Waals surface area contributed by atoms with E-state index in [4.69, 9.17) is 5.26 Å². The fourth-order valence-corrected chi connectivity index (χ4v) is 2.95. The van der Waals surface area contributed by atoms with E-state index >= 15 is 0 Å². The zero-order valence-corrected chi connectivity index (χ0v) is 13.2. The van der Waals surface area contributed by atoms with Crippen LogP contribution in [0.25, 0.3) is 0 Å². The number of nitrogens with zero attached hydrogens (tertiary/aromatic N) is 3. The molecule has 1 heterocycles. The van der Waals surface area contributed by atoms with Gasteiger partial charge in [-0.25, -0.2) is 4.98 Å². The van der Waals surface area contributed by atoms with Gasteiger partial charge in [0.25, 0.3) is 5.56 Å². The predicted octanol–water partition coefficient (Wildman–Crippen LogP) is 3.61. The molecule has 0 saturated heterocycles. The van der Waals surface area contributed by atoms with Gasteiger partial charge in [0.1, 0.15) is 0 Å². The summed E-state index contributed by atoms with van der Waals surface area (Å²) in [4.78, 5) is 15.5. The van der Waals surface area contributed by atoms with E-state index in [1.165, 1.54) is 6.08 Å². The van der Waals surface area contributed by atoms with Crippen molar-refractivity contribution in [2.75, 3.05) is 0 Å². The molecule has 0 unspecified atom stereocenters. The molecule has 2 aromatic rings.